The fourth-order valence-corrected chi connectivity index (χ4v) is 2.34. The van der Waals surface area contributed by atoms with Crippen LogP contribution in [-0.4, -0.2) is 11.8 Å². The summed E-state index contributed by atoms with van der Waals surface area (Å²) in [6.07, 6.45) is 0. The Labute approximate surface area is 119 Å². The molecule has 3 rings (SSSR count). The van der Waals surface area contributed by atoms with Gasteiger partial charge in [-0.2, -0.15) is 0 Å². The van der Waals surface area contributed by atoms with Gasteiger partial charge in [-0.05, 0) is 30.3 Å². The number of nitrogens with zero attached hydrogens (tertiary/aromatic N) is 1. The van der Waals surface area contributed by atoms with E-state index >= 15 is 0 Å². The van der Waals surface area contributed by atoms with Crippen LogP contribution in [0.5, 0.6) is 0 Å². The van der Waals surface area contributed by atoms with Crippen LogP contribution in [0.3, 0.4) is 0 Å². The Bertz CT molecular complexity index is 677. The Morgan fingerprint density at radius 2 is 1.37 bits per heavy atom. The van der Waals surface area contributed by atoms with Gasteiger partial charge < -0.3 is 0 Å². The number of rotatable bonds is 1. The number of hydrogen-bond acceptors (Lipinski definition) is 2. The van der Waals surface area contributed by atoms with Crippen molar-refractivity contribution >= 4 is 40.7 Å². The maximum atomic E-state index is 12.2. The molecule has 1 aliphatic heterocycles. The third-order valence-electron chi connectivity index (χ3n) is 2.96. The molecule has 0 aromatic heterocycles. The second-order valence-electron chi connectivity index (χ2n) is 4.09. The molecule has 0 N–H and O–H groups in total. The number of hydrogen-bond donors (Lipinski definition) is 0. The number of carbonyl (C=O) groups is 2. The van der Waals surface area contributed by atoms with Crippen LogP contribution in [0.4, 0.5) is 5.69 Å². The normalized spacial score (nSPS) is 13.9. The molecule has 0 spiro atoms. The van der Waals surface area contributed by atoms with Gasteiger partial charge in [0.05, 0.1) is 26.9 Å². The van der Waals surface area contributed by atoms with Crippen molar-refractivity contribution in [3.63, 3.8) is 0 Å². The minimum absolute atomic E-state index is 0.302. The zero-order valence-electron chi connectivity index (χ0n) is 9.56. The average molecular weight is 292 g/mol. The lowest BCUT2D eigenvalue weighted by molar-refractivity contribution is 0.0926. The Balaban J connectivity index is 2.11. The van der Waals surface area contributed by atoms with E-state index in [1.165, 1.54) is 6.07 Å². The van der Waals surface area contributed by atoms with Crippen LogP contribution in [0, 0.1) is 0 Å². The SMILES string of the molecule is O=C1c2ccccc2C(=O)N1c1ccc(Cl)c(Cl)c1. The van der Waals surface area contributed by atoms with Crippen molar-refractivity contribution in [3.8, 4) is 0 Å². The smallest absolute Gasteiger partial charge is 0.266 e. The van der Waals surface area contributed by atoms with Gasteiger partial charge >= 0.3 is 0 Å². The molecular formula is C14H7Cl2NO2. The van der Waals surface area contributed by atoms with Crippen molar-refractivity contribution in [1.29, 1.82) is 0 Å². The zero-order valence-corrected chi connectivity index (χ0v) is 11.1. The van der Waals surface area contributed by atoms with Crippen LogP contribution >= 0.6 is 23.2 Å². The number of benzene rings is 2. The number of anilines is 1. The number of halogens is 2. The molecule has 0 fully saturated rings. The molecule has 5 heteroatoms. The molecular weight excluding hydrogens is 285 g/mol. The first-order valence-electron chi connectivity index (χ1n) is 5.52. The van der Waals surface area contributed by atoms with E-state index in [1.807, 2.05) is 0 Å². The second kappa shape index (κ2) is 4.37. The molecule has 3 nitrogen and oxygen atoms in total. The van der Waals surface area contributed by atoms with Gasteiger partial charge in [0, 0.05) is 0 Å². The van der Waals surface area contributed by atoms with Crippen LogP contribution in [-0.2, 0) is 0 Å². The van der Waals surface area contributed by atoms with Gasteiger partial charge in [-0.3, -0.25) is 9.59 Å². The van der Waals surface area contributed by atoms with Crippen molar-refractivity contribution in [2.24, 2.45) is 0 Å². The molecule has 2 amide bonds. The van der Waals surface area contributed by atoms with Crippen molar-refractivity contribution in [2.75, 3.05) is 4.90 Å². The largest absolute Gasteiger partial charge is 0.268 e. The highest BCUT2D eigenvalue weighted by molar-refractivity contribution is 6.42. The third kappa shape index (κ3) is 1.82. The van der Waals surface area contributed by atoms with E-state index in [4.69, 9.17) is 23.2 Å². The number of fused-ring (bicyclic) bond motifs is 1. The third-order valence-corrected chi connectivity index (χ3v) is 3.69. The molecule has 2 aromatic rings. The highest BCUT2D eigenvalue weighted by atomic mass is 35.5. The van der Waals surface area contributed by atoms with E-state index < -0.39 is 0 Å². The highest BCUT2D eigenvalue weighted by Gasteiger charge is 2.36. The Hall–Kier alpha value is -1.84. The molecule has 0 saturated heterocycles. The van der Waals surface area contributed by atoms with Gasteiger partial charge in [0.25, 0.3) is 11.8 Å². The van der Waals surface area contributed by atoms with Crippen LogP contribution in [0.2, 0.25) is 10.0 Å². The molecule has 0 atom stereocenters. The van der Waals surface area contributed by atoms with E-state index in [9.17, 15) is 9.59 Å². The molecule has 0 unspecified atom stereocenters. The van der Waals surface area contributed by atoms with Gasteiger partial charge in [-0.15, -0.1) is 0 Å². The highest BCUT2D eigenvalue weighted by Crippen LogP contribution is 2.32. The zero-order chi connectivity index (χ0) is 13.6. The van der Waals surface area contributed by atoms with Gasteiger partial charge in [0.1, 0.15) is 0 Å². The van der Waals surface area contributed by atoms with Crippen LogP contribution < -0.4 is 4.90 Å². The lowest BCUT2D eigenvalue weighted by Crippen LogP contribution is -2.29. The first kappa shape index (κ1) is 12.2. The second-order valence-corrected chi connectivity index (χ2v) is 4.90. The predicted molar refractivity (Wildman–Crippen MR) is 74.0 cm³/mol. The summed E-state index contributed by atoms with van der Waals surface area (Å²) < 4.78 is 0. The fraction of sp³-hybridized carbons (Fsp3) is 0. The molecule has 19 heavy (non-hydrogen) atoms. The number of carbonyl (C=O) groups excluding carboxylic acids is 2. The van der Waals surface area contributed by atoms with Crippen molar-refractivity contribution in [2.45, 2.75) is 0 Å². The first-order valence-corrected chi connectivity index (χ1v) is 6.28. The van der Waals surface area contributed by atoms with E-state index in [-0.39, 0.29) is 11.8 Å². The fourth-order valence-electron chi connectivity index (χ4n) is 2.05. The summed E-state index contributed by atoms with van der Waals surface area (Å²) in [5, 5.41) is 0.678. The van der Waals surface area contributed by atoms with Crippen LogP contribution in [0.1, 0.15) is 20.7 Å². The predicted octanol–water partition coefficient (Wildman–Crippen LogP) is 3.79. The molecule has 1 aliphatic rings. The number of amides is 2. The van der Waals surface area contributed by atoms with Crippen LogP contribution in [0.25, 0.3) is 0 Å². The molecule has 94 valence electrons. The van der Waals surface area contributed by atoms with Crippen LogP contribution in [0.15, 0.2) is 42.5 Å². The quantitative estimate of drug-likeness (QED) is 0.750. The maximum absolute atomic E-state index is 12.2. The van der Waals surface area contributed by atoms with E-state index in [0.29, 0.717) is 26.9 Å². The summed E-state index contributed by atoms with van der Waals surface area (Å²) in [6, 6.07) is 11.4. The van der Waals surface area contributed by atoms with E-state index in [1.54, 1.807) is 36.4 Å². The summed E-state index contributed by atoms with van der Waals surface area (Å²) in [4.78, 5) is 25.6. The molecule has 0 saturated carbocycles. The molecule has 1 heterocycles. The Morgan fingerprint density at radius 1 is 0.789 bits per heavy atom. The summed E-state index contributed by atoms with van der Waals surface area (Å²) in [6.45, 7) is 0. The summed E-state index contributed by atoms with van der Waals surface area (Å²) >= 11 is 11.7. The van der Waals surface area contributed by atoms with Gasteiger partial charge in [-0.1, -0.05) is 35.3 Å². The molecule has 0 radical (unpaired) electrons. The topological polar surface area (TPSA) is 37.4 Å². The summed E-state index contributed by atoms with van der Waals surface area (Å²) in [5.41, 5.74) is 1.22. The average Bonchev–Trinajstić information content (AvgIpc) is 2.66. The summed E-state index contributed by atoms with van der Waals surface area (Å²) in [7, 11) is 0. The standard InChI is InChI=1S/C14H7Cl2NO2/c15-11-6-5-8(7-12(11)16)17-13(18)9-3-1-2-4-10(9)14(17)19/h1-7H. The van der Waals surface area contributed by atoms with E-state index in [0.717, 1.165) is 4.90 Å². The molecule has 0 bridgehead atoms. The van der Waals surface area contributed by atoms with E-state index in [2.05, 4.69) is 0 Å². The van der Waals surface area contributed by atoms with Crippen molar-refractivity contribution in [3.05, 3.63) is 63.6 Å². The number of imide groups is 1. The maximum Gasteiger partial charge on any atom is 0.266 e. The Morgan fingerprint density at radius 3 is 1.89 bits per heavy atom. The van der Waals surface area contributed by atoms with Gasteiger partial charge in [0.15, 0.2) is 0 Å². The molecule has 2 aromatic carbocycles. The first-order chi connectivity index (χ1) is 9.09. The lowest BCUT2D eigenvalue weighted by Gasteiger charge is -2.14. The minimum atomic E-state index is -0.348. The monoisotopic (exact) mass is 291 g/mol. The summed E-state index contributed by atoms with van der Waals surface area (Å²) in [5.74, 6) is -0.696. The van der Waals surface area contributed by atoms with Crippen molar-refractivity contribution in [1.82, 2.24) is 0 Å². The van der Waals surface area contributed by atoms with Crippen molar-refractivity contribution < 1.29 is 9.59 Å². The van der Waals surface area contributed by atoms with Gasteiger partial charge in [-0.25, -0.2) is 4.90 Å². The van der Waals surface area contributed by atoms with Gasteiger partial charge in [0.2, 0.25) is 0 Å². The minimum Gasteiger partial charge on any atom is -0.268 e. The lowest BCUT2D eigenvalue weighted by atomic mass is 10.1. The Kier molecular flexibility index (Phi) is 2.81. The molecule has 0 aliphatic carbocycles.